The Labute approximate surface area is 134 Å². The van der Waals surface area contributed by atoms with Crippen LogP contribution in [0.5, 0.6) is 0 Å². The number of rotatable bonds is 4. The van der Waals surface area contributed by atoms with Crippen LogP contribution in [-0.2, 0) is 5.75 Å². The molecule has 0 unspecified atom stereocenters. The molecule has 3 nitrogen and oxygen atoms in total. The number of hydrogen-bond donors (Lipinski definition) is 1. The van der Waals surface area contributed by atoms with E-state index < -0.39 is 0 Å². The van der Waals surface area contributed by atoms with Gasteiger partial charge in [-0.3, -0.25) is 4.79 Å². The van der Waals surface area contributed by atoms with Crippen molar-refractivity contribution in [3.63, 3.8) is 0 Å². The quantitative estimate of drug-likeness (QED) is 0.621. The molecule has 0 bridgehead atoms. The molecule has 0 saturated carbocycles. The molecule has 20 heavy (non-hydrogen) atoms. The lowest BCUT2D eigenvalue weighted by molar-refractivity contribution is 0.624. The Bertz CT molecular complexity index is 672. The van der Waals surface area contributed by atoms with Gasteiger partial charge in [-0.2, -0.15) is 0 Å². The summed E-state index contributed by atoms with van der Waals surface area (Å²) in [5, 5.41) is 0. The highest BCUT2D eigenvalue weighted by Crippen LogP contribution is 2.23. The van der Waals surface area contributed by atoms with E-state index in [1.807, 2.05) is 42.5 Å². The average Bonchev–Trinajstić information content (AvgIpc) is 2.39. The van der Waals surface area contributed by atoms with Crippen LogP contribution < -0.4 is 5.56 Å². The molecule has 2 rings (SSSR count). The predicted molar refractivity (Wildman–Crippen MR) is 87.6 cm³/mol. The Kier molecular flexibility index (Phi) is 5.20. The highest BCUT2D eigenvalue weighted by molar-refractivity contribution is 14.1. The zero-order chi connectivity index (χ0) is 14.7. The Morgan fingerprint density at radius 3 is 2.85 bits per heavy atom. The van der Waals surface area contributed by atoms with Crippen molar-refractivity contribution >= 4 is 34.4 Å². The van der Waals surface area contributed by atoms with Crippen molar-refractivity contribution in [3.8, 4) is 0 Å². The number of halogens is 2. The molecular formula is C14H14FIN2OS. The summed E-state index contributed by atoms with van der Waals surface area (Å²) in [4.78, 5) is 19.9. The molecule has 6 heteroatoms. The second kappa shape index (κ2) is 6.71. The molecule has 0 atom stereocenters. The second-order valence-electron chi connectivity index (χ2n) is 4.61. The molecule has 1 aromatic heterocycles. The van der Waals surface area contributed by atoms with Crippen LogP contribution in [0.3, 0.4) is 0 Å². The van der Waals surface area contributed by atoms with E-state index >= 15 is 0 Å². The van der Waals surface area contributed by atoms with E-state index in [1.165, 1.54) is 23.9 Å². The maximum Gasteiger partial charge on any atom is 0.264 e. The smallest absolute Gasteiger partial charge is 0.264 e. The van der Waals surface area contributed by atoms with Crippen LogP contribution in [0.4, 0.5) is 4.39 Å². The van der Waals surface area contributed by atoms with E-state index in [9.17, 15) is 9.18 Å². The fourth-order valence-electron chi connectivity index (χ4n) is 1.68. The summed E-state index contributed by atoms with van der Waals surface area (Å²) in [6.45, 7) is 4.01. The van der Waals surface area contributed by atoms with Crippen molar-refractivity contribution in [2.24, 2.45) is 0 Å². The van der Waals surface area contributed by atoms with Crippen molar-refractivity contribution in [3.05, 3.63) is 55.5 Å². The Morgan fingerprint density at radius 1 is 1.45 bits per heavy atom. The first-order valence-corrected chi connectivity index (χ1v) is 8.20. The topological polar surface area (TPSA) is 45.8 Å². The molecule has 106 valence electrons. The predicted octanol–water partition coefficient (Wildman–Crippen LogP) is 3.93. The van der Waals surface area contributed by atoms with Crippen molar-refractivity contribution in [1.82, 2.24) is 9.97 Å². The van der Waals surface area contributed by atoms with Crippen LogP contribution in [0, 0.1) is 9.39 Å². The van der Waals surface area contributed by atoms with Gasteiger partial charge in [0, 0.05) is 4.90 Å². The Hall–Kier alpha value is -0.890. The first kappa shape index (κ1) is 15.5. The van der Waals surface area contributed by atoms with Gasteiger partial charge in [-0.25, -0.2) is 9.37 Å². The largest absolute Gasteiger partial charge is 0.309 e. The minimum atomic E-state index is -0.262. The standard InChI is InChI=1S/C14H14FIN2OS/c1-8(2)13-12(16)14(19)18-11(17-13)7-20-10-5-3-4-9(15)6-10/h3-6,8H,7H2,1-2H3,(H,17,18,19). The van der Waals surface area contributed by atoms with Crippen LogP contribution >= 0.6 is 34.4 Å². The number of thioether (sulfide) groups is 1. The molecule has 2 aromatic rings. The lowest BCUT2D eigenvalue weighted by atomic mass is 10.1. The van der Waals surface area contributed by atoms with Crippen molar-refractivity contribution < 1.29 is 4.39 Å². The first-order valence-electron chi connectivity index (χ1n) is 6.14. The van der Waals surface area contributed by atoms with Crippen LogP contribution in [0.25, 0.3) is 0 Å². The van der Waals surface area contributed by atoms with Crippen LogP contribution in [0.1, 0.15) is 31.3 Å². The second-order valence-corrected chi connectivity index (χ2v) is 6.74. The summed E-state index contributed by atoms with van der Waals surface area (Å²) >= 11 is 3.47. The number of aromatic nitrogens is 2. The fourth-order valence-corrected chi connectivity index (χ4v) is 3.37. The van der Waals surface area contributed by atoms with E-state index in [0.29, 0.717) is 15.1 Å². The number of nitrogens with one attached hydrogen (secondary N) is 1. The molecule has 0 fully saturated rings. The highest BCUT2D eigenvalue weighted by Gasteiger charge is 2.12. The minimum Gasteiger partial charge on any atom is -0.309 e. The van der Waals surface area contributed by atoms with Crippen molar-refractivity contribution in [2.45, 2.75) is 30.4 Å². The molecular weight excluding hydrogens is 390 g/mol. The molecule has 0 amide bonds. The lowest BCUT2D eigenvalue weighted by Gasteiger charge is -2.09. The molecule has 0 radical (unpaired) electrons. The van der Waals surface area contributed by atoms with E-state index in [-0.39, 0.29) is 17.3 Å². The average molecular weight is 404 g/mol. The number of benzene rings is 1. The van der Waals surface area contributed by atoms with Gasteiger partial charge >= 0.3 is 0 Å². The zero-order valence-corrected chi connectivity index (χ0v) is 14.1. The molecule has 0 saturated heterocycles. The summed E-state index contributed by atoms with van der Waals surface area (Å²) in [7, 11) is 0. The van der Waals surface area contributed by atoms with Crippen LogP contribution in [0.15, 0.2) is 34.0 Å². The molecule has 1 aromatic carbocycles. The van der Waals surface area contributed by atoms with Gasteiger partial charge in [-0.15, -0.1) is 11.8 Å². The number of H-pyrrole nitrogens is 1. The maximum atomic E-state index is 13.1. The zero-order valence-electron chi connectivity index (χ0n) is 11.1. The van der Waals surface area contributed by atoms with E-state index in [0.717, 1.165) is 10.6 Å². The minimum absolute atomic E-state index is 0.112. The van der Waals surface area contributed by atoms with Gasteiger partial charge in [0.25, 0.3) is 5.56 Å². The first-order chi connectivity index (χ1) is 9.47. The summed E-state index contributed by atoms with van der Waals surface area (Å²) in [6, 6.07) is 6.38. The van der Waals surface area contributed by atoms with Gasteiger partial charge < -0.3 is 4.98 Å². The number of nitrogens with zero attached hydrogens (tertiary/aromatic N) is 1. The molecule has 1 N–H and O–H groups in total. The monoisotopic (exact) mass is 404 g/mol. The van der Waals surface area contributed by atoms with Crippen LogP contribution in [0.2, 0.25) is 0 Å². The third-order valence-electron chi connectivity index (χ3n) is 2.66. The van der Waals surface area contributed by atoms with Gasteiger partial charge in [0.2, 0.25) is 0 Å². The number of aromatic amines is 1. The van der Waals surface area contributed by atoms with Gasteiger partial charge in [-0.1, -0.05) is 19.9 Å². The third-order valence-corrected chi connectivity index (χ3v) is 4.70. The van der Waals surface area contributed by atoms with Gasteiger partial charge in [-0.05, 0) is 46.7 Å². The van der Waals surface area contributed by atoms with E-state index in [4.69, 9.17) is 0 Å². The lowest BCUT2D eigenvalue weighted by Crippen LogP contribution is -2.18. The van der Waals surface area contributed by atoms with Gasteiger partial charge in [0.05, 0.1) is 15.0 Å². The highest BCUT2D eigenvalue weighted by atomic mass is 127. The third kappa shape index (κ3) is 3.82. The molecule has 0 aliphatic heterocycles. The molecule has 0 spiro atoms. The van der Waals surface area contributed by atoms with Crippen LogP contribution in [-0.4, -0.2) is 9.97 Å². The fraction of sp³-hybridized carbons (Fsp3) is 0.286. The summed E-state index contributed by atoms with van der Waals surface area (Å²) in [5.74, 6) is 1.06. The molecule has 0 aliphatic carbocycles. The van der Waals surface area contributed by atoms with Gasteiger partial charge in [0.1, 0.15) is 11.6 Å². The summed E-state index contributed by atoms with van der Waals surface area (Å²) < 4.78 is 13.7. The normalized spacial score (nSPS) is 11.1. The molecule has 1 heterocycles. The Morgan fingerprint density at radius 2 is 2.20 bits per heavy atom. The maximum absolute atomic E-state index is 13.1. The van der Waals surface area contributed by atoms with Crippen molar-refractivity contribution in [2.75, 3.05) is 0 Å². The summed E-state index contributed by atoms with van der Waals surface area (Å²) in [6.07, 6.45) is 0. The van der Waals surface area contributed by atoms with E-state index in [2.05, 4.69) is 9.97 Å². The summed E-state index contributed by atoms with van der Waals surface area (Å²) in [5.41, 5.74) is 0.698. The number of hydrogen-bond acceptors (Lipinski definition) is 3. The van der Waals surface area contributed by atoms with Crippen molar-refractivity contribution in [1.29, 1.82) is 0 Å². The molecule has 0 aliphatic rings. The Balaban J connectivity index is 2.20. The van der Waals surface area contributed by atoms with Gasteiger partial charge in [0.15, 0.2) is 0 Å². The van der Waals surface area contributed by atoms with E-state index in [1.54, 1.807) is 6.07 Å². The SMILES string of the molecule is CC(C)c1nc(CSc2cccc(F)c2)[nH]c(=O)c1I.